The average Bonchev–Trinajstić information content (AvgIpc) is 2.44. The van der Waals surface area contributed by atoms with Crippen LogP contribution in [-0.4, -0.2) is 13.2 Å². The van der Waals surface area contributed by atoms with Crippen molar-refractivity contribution < 1.29 is 18.3 Å². The van der Waals surface area contributed by atoms with Gasteiger partial charge in [0.15, 0.2) is 0 Å². The molecule has 0 saturated heterocycles. The molecule has 2 heterocycles. The highest BCUT2D eigenvalue weighted by atomic mass is 16.5. The Bertz CT molecular complexity index is 680. The van der Waals surface area contributed by atoms with Gasteiger partial charge >= 0.3 is 11.3 Å². The molecule has 0 radical (unpaired) electrons. The van der Waals surface area contributed by atoms with Gasteiger partial charge in [-0.25, -0.2) is 9.59 Å². The van der Waals surface area contributed by atoms with Crippen LogP contribution < -0.4 is 20.7 Å². The van der Waals surface area contributed by atoms with Gasteiger partial charge in [-0.1, -0.05) is 0 Å². The maximum atomic E-state index is 11.2. The molecule has 0 atom stereocenters. The fourth-order valence-corrected chi connectivity index (χ4v) is 2.08. The predicted molar refractivity (Wildman–Crippen MR) is 84.3 cm³/mol. The molecule has 0 amide bonds. The van der Waals surface area contributed by atoms with Crippen molar-refractivity contribution in [2.75, 3.05) is 13.2 Å². The van der Waals surface area contributed by atoms with E-state index in [4.69, 9.17) is 18.3 Å². The molecule has 0 aliphatic heterocycles. The molecular weight excluding hydrogens is 300 g/mol. The van der Waals surface area contributed by atoms with Crippen LogP contribution in [0.2, 0.25) is 0 Å². The van der Waals surface area contributed by atoms with Gasteiger partial charge < -0.3 is 18.3 Å². The summed E-state index contributed by atoms with van der Waals surface area (Å²) < 4.78 is 20.7. The summed E-state index contributed by atoms with van der Waals surface area (Å²) in [6, 6.07) is 6.04. The van der Waals surface area contributed by atoms with Crippen LogP contribution in [0.3, 0.4) is 0 Å². The molecule has 0 fully saturated rings. The molecule has 0 aromatic carbocycles. The van der Waals surface area contributed by atoms with E-state index >= 15 is 0 Å². The maximum Gasteiger partial charge on any atom is 0.339 e. The number of ether oxygens (including phenoxy) is 2. The zero-order valence-corrected chi connectivity index (χ0v) is 13.3. The minimum absolute atomic E-state index is 0.406. The van der Waals surface area contributed by atoms with Crippen LogP contribution in [0.1, 0.15) is 30.8 Å². The molecule has 0 spiro atoms. The summed E-state index contributed by atoms with van der Waals surface area (Å²) in [4.78, 5) is 22.4. The standard InChI is InChI=1S/C17H20O6/c1-12-8-14(10-16(18)22-12)20-6-4-3-5-7-21-15-9-13(2)23-17(19)11-15/h8-11H,3-7H2,1-2H3. The Labute approximate surface area is 133 Å². The zero-order valence-electron chi connectivity index (χ0n) is 13.3. The van der Waals surface area contributed by atoms with Gasteiger partial charge in [-0.05, 0) is 33.1 Å². The van der Waals surface area contributed by atoms with Crippen molar-refractivity contribution in [2.45, 2.75) is 33.1 Å². The second kappa shape index (κ2) is 8.22. The predicted octanol–water partition coefficient (Wildman–Crippen LogP) is 2.84. The smallest absolute Gasteiger partial charge is 0.339 e. The Morgan fingerprint density at radius 1 is 0.739 bits per heavy atom. The largest absolute Gasteiger partial charge is 0.493 e. The summed E-state index contributed by atoms with van der Waals surface area (Å²) in [5.74, 6) is 2.12. The number of aryl methyl sites for hydroxylation is 2. The highest BCUT2D eigenvalue weighted by molar-refractivity contribution is 5.20. The minimum atomic E-state index is -0.406. The monoisotopic (exact) mass is 320 g/mol. The molecule has 0 unspecified atom stereocenters. The first-order valence-electron chi connectivity index (χ1n) is 7.52. The van der Waals surface area contributed by atoms with Crippen molar-refractivity contribution in [3.05, 3.63) is 56.6 Å². The van der Waals surface area contributed by atoms with E-state index in [0.717, 1.165) is 19.3 Å². The molecule has 23 heavy (non-hydrogen) atoms. The molecule has 0 saturated carbocycles. The van der Waals surface area contributed by atoms with Crippen LogP contribution in [0, 0.1) is 13.8 Å². The number of hydrogen-bond acceptors (Lipinski definition) is 6. The molecule has 0 aliphatic rings. The fraction of sp³-hybridized carbons (Fsp3) is 0.412. The zero-order chi connectivity index (χ0) is 16.7. The Morgan fingerprint density at radius 3 is 1.57 bits per heavy atom. The second-order valence-electron chi connectivity index (χ2n) is 5.20. The van der Waals surface area contributed by atoms with Crippen LogP contribution in [0.5, 0.6) is 11.5 Å². The third-order valence-corrected chi connectivity index (χ3v) is 3.06. The Morgan fingerprint density at radius 2 is 1.17 bits per heavy atom. The van der Waals surface area contributed by atoms with Gasteiger partial charge in [0.2, 0.25) is 0 Å². The lowest BCUT2D eigenvalue weighted by molar-refractivity contribution is 0.275. The van der Waals surface area contributed by atoms with Crippen molar-refractivity contribution >= 4 is 0 Å². The van der Waals surface area contributed by atoms with Crippen molar-refractivity contribution in [3.63, 3.8) is 0 Å². The molecule has 0 N–H and O–H groups in total. The highest BCUT2D eigenvalue weighted by Crippen LogP contribution is 2.12. The van der Waals surface area contributed by atoms with Gasteiger partial charge in [-0.3, -0.25) is 0 Å². The third-order valence-electron chi connectivity index (χ3n) is 3.06. The van der Waals surface area contributed by atoms with E-state index in [1.54, 1.807) is 26.0 Å². The third kappa shape index (κ3) is 6.02. The van der Waals surface area contributed by atoms with Crippen molar-refractivity contribution in [1.82, 2.24) is 0 Å². The van der Waals surface area contributed by atoms with Gasteiger partial charge in [-0.2, -0.15) is 0 Å². The molecule has 2 aromatic rings. The van der Waals surface area contributed by atoms with Crippen molar-refractivity contribution in [2.24, 2.45) is 0 Å². The molecule has 6 heteroatoms. The number of rotatable bonds is 8. The molecular formula is C17H20O6. The summed E-state index contributed by atoms with van der Waals surface area (Å²) >= 11 is 0. The van der Waals surface area contributed by atoms with E-state index in [1.807, 2.05) is 0 Å². The molecule has 2 rings (SSSR count). The quantitative estimate of drug-likeness (QED) is 0.696. The van der Waals surface area contributed by atoms with Crippen LogP contribution in [-0.2, 0) is 0 Å². The average molecular weight is 320 g/mol. The highest BCUT2D eigenvalue weighted by Gasteiger charge is 2.01. The van der Waals surface area contributed by atoms with E-state index in [-0.39, 0.29) is 0 Å². The van der Waals surface area contributed by atoms with Gasteiger partial charge in [-0.15, -0.1) is 0 Å². The fourth-order valence-electron chi connectivity index (χ4n) is 2.08. The van der Waals surface area contributed by atoms with Crippen LogP contribution in [0.15, 0.2) is 42.7 Å². The van der Waals surface area contributed by atoms with Crippen molar-refractivity contribution in [3.8, 4) is 11.5 Å². The minimum Gasteiger partial charge on any atom is -0.493 e. The van der Waals surface area contributed by atoms with Gasteiger partial charge in [0, 0.05) is 12.1 Å². The van der Waals surface area contributed by atoms with Gasteiger partial charge in [0.25, 0.3) is 0 Å². The van der Waals surface area contributed by atoms with E-state index < -0.39 is 11.3 Å². The summed E-state index contributed by atoms with van der Waals surface area (Å²) in [6.45, 7) is 4.46. The van der Waals surface area contributed by atoms with E-state index in [0.29, 0.717) is 36.2 Å². The van der Waals surface area contributed by atoms with E-state index in [9.17, 15) is 9.59 Å². The number of unbranched alkanes of at least 4 members (excludes halogenated alkanes) is 2. The van der Waals surface area contributed by atoms with Crippen LogP contribution in [0.4, 0.5) is 0 Å². The normalized spacial score (nSPS) is 10.5. The SMILES string of the molecule is Cc1cc(OCCCCCOc2cc(C)oc(=O)c2)cc(=O)o1. The van der Waals surface area contributed by atoms with Gasteiger partial charge in [0.05, 0.1) is 25.3 Å². The lowest BCUT2D eigenvalue weighted by atomic mass is 10.2. The maximum absolute atomic E-state index is 11.2. The first-order chi connectivity index (χ1) is 11.0. The Hall–Kier alpha value is -2.50. The topological polar surface area (TPSA) is 78.9 Å². The Kier molecular flexibility index (Phi) is 6.02. The van der Waals surface area contributed by atoms with E-state index in [2.05, 4.69) is 0 Å². The molecule has 6 nitrogen and oxygen atoms in total. The first kappa shape index (κ1) is 16.9. The lowest BCUT2D eigenvalue weighted by Crippen LogP contribution is -2.05. The summed E-state index contributed by atoms with van der Waals surface area (Å²) in [7, 11) is 0. The first-order valence-corrected chi connectivity index (χ1v) is 7.52. The van der Waals surface area contributed by atoms with Crippen LogP contribution >= 0.6 is 0 Å². The van der Waals surface area contributed by atoms with Crippen molar-refractivity contribution in [1.29, 1.82) is 0 Å². The summed E-state index contributed by atoms with van der Waals surface area (Å²) in [6.07, 6.45) is 2.61. The summed E-state index contributed by atoms with van der Waals surface area (Å²) in [5, 5.41) is 0. The molecule has 0 bridgehead atoms. The lowest BCUT2D eigenvalue weighted by Gasteiger charge is -2.07. The summed E-state index contributed by atoms with van der Waals surface area (Å²) in [5.41, 5.74) is -0.813. The Balaban J connectivity index is 1.62. The second-order valence-corrected chi connectivity index (χ2v) is 5.20. The number of hydrogen-bond donors (Lipinski definition) is 0. The molecule has 2 aromatic heterocycles. The van der Waals surface area contributed by atoms with Crippen LogP contribution in [0.25, 0.3) is 0 Å². The molecule has 124 valence electrons. The van der Waals surface area contributed by atoms with Gasteiger partial charge in [0.1, 0.15) is 23.0 Å². The van der Waals surface area contributed by atoms with E-state index in [1.165, 1.54) is 12.1 Å². The molecule has 0 aliphatic carbocycles.